The van der Waals surface area contributed by atoms with E-state index in [4.69, 9.17) is 5.73 Å². The Bertz CT molecular complexity index is 783. The minimum atomic E-state index is -4.54. The van der Waals surface area contributed by atoms with Crippen molar-refractivity contribution in [1.29, 1.82) is 0 Å². The minimum absolute atomic E-state index is 0.0519. The van der Waals surface area contributed by atoms with Gasteiger partial charge >= 0.3 is 6.18 Å². The van der Waals surface area contributed by atoms with Crippen molar-refractivity contribution < 1.29 is 27.5 Å². The van der Waals surface area contributed by atoms with E-state index >= 15 is 0 Å². The second kappa shape index (κ2) is 8.92. The molecule has 5 nitrogen and oxygen atoms in total. The van der Waals surface area contributed by atoms with Crippen LogP contribution in [-0.4, -0.2) is 40.9 Å². The van der Waals surface area contributed by atoms with Gasteiger partial charge < -0.3 is 16.2 Å². The molecule has 2 aromatic rings. The topological polar surface area (TPSA) is 88.2 Å². The largest absolute Gasteiger partial charge is 0.405 e. The fraction of sp³-hybridized carbons (Fsp3) is 0.333. The van der Waals surface area contributed by atoms with Crippen molar-refractivity contribution in [2.24, 2.45) is 5.73 Å². The second-order valence-electron chi connectivity index (χ2n) is 6.03. The number of aliphatic hydroxyl groups is 1. The van der Waals surface area contributed by atoms with Crippen LogP contribution in [0.5, 0.6) is 0 Å². The van der Waals surface area contributed by atoms with Gasteiger partial charge in [0.1, 0.15) is 12.4 Å². The summed E-state index contributed by atoms with van der Waals surface area (Å²) in [6, 6.07) is 7.84. The van der Waals surface area contributed by atoms with Crippen LogP contribution in [0.1, 0.15) is 21.6 Å². The predicted octanol–water partition coefficient (Wildman–Crippen LogP) is 1.99. The maximum atomic E-state index is 13.7. The molecule has 0 aliphatic heterocycles. The first-order valence-corrected chi connectivity index (χ1v) is 8.13. The van der Waals surface area contributed by atoms with Crippen molar-refractivity contribution in [3.63, 3.8) is 0 Å². The van der Waals surface area contributed by atoms with Gasteiger partial charge in [-0.2, -0.15) is 13.2 Å². The number of carbonyl (C=O) groups excluding carboxylic acids is 1. The number of benzene rings is 1. The van der Waals surface area contributed by atoms with E-state index in [-0.39, 0.29) is 24.1 Å². The lowest BCUT2D eigenvalue weighted by Crippen LogP contribution is -2.39. The molecule has 1 amide bonds. The van der Waals surface area contributed by atoms with Crippen LogP contribution in [-0.2, 0) is 12.8 Å². The monoisotopic (exact) mass is 385 g/mol. The average Bonchev–Trinajstić information content (AvgIpc) is 2.61. The van der Waals surface area contributed by atoms with Crippen molar-refractivity contribution >= 4 is 5.91 Å². The molecule has 2 atom stereocenters. The van der Waals surface area contributed by atoms with E-state index < -0.39 is 36.6 Å². The highest BCUT2D eigenvalue weighted by Crippen LogP contribution is 2.16. The van der Waals surface area contributed by atoms with Crippen LogP contribution in [0.25, 0.3) is 0 Å². The Balaban J connectivity index is 2.06. The van der Waals surface area contributed by atoms with Gasteiger partial charge in [-0.15, -0.1) is 0 Å². The van der Waals surface area contributed by atoms with Crippen molar-refractivity contribution in [2.45, 2.75) is 31.2 Å². The molecule has 9 heteroatoms. The summed E-state index contributed by atoms with van der Waals surface area (Å²) in [5.74, 6) is -1.41. The van der Waals surface area contributed by atoms with E-state index in [0.717, 1.165) is 0 Å². The molecule has 0 saturated carbocycles. The number of amides is 1. The molecule has 2 unspecified atom stereocenters. The minimum Gasteiger partial charge on any atom is -0.391 e. The molecule has 2 rings (SSSR count). The van der Waals surface area contributed by atoms with E-state index in [1.165, 1.54) is 30.5 Å². The number of halogens is 4. The fourth-order valence-corrected chi connectivity index (χ4v) is 2.49. The highest BCUT2D eigenvalue weighted by molar-refractivity contribution is 5.95. The first kappa shape index (κ1) is 20.8. The van der Waals surface area contributed by atoms with E-state index in [1.54, 1.807) is 17.4 Å². The lowest BCUT2D eigenvalue weighted by atomic mass is 9.97. The summed E-state index contributed by atoms with van der Waals surface area (Å²) >= 11 is 0. The predicted molar refractivity (Wildman–Crippen MR) is 90.4 cm³/mol. The number of hydrogen-bond donors (Lipinski definition) is 3. The molecule has 1 heterocycles. The molecular weight excluding hydrogens is 366 g/mol. The maximum absolute atomic E-state index is 13.7. The number of carbonyl (C=O) groups is 1. The van der Waals surface area contributed by atoms with E-state index in [1.807, 2.05) is 0 Å². The Morgan fingerprint density at radius 1 is 1.19 bits per heavy atom. The number of rotatable bonds is 7. The summed E-state index contributed by atoms with van der Waals surface area (Å²) in [6.07, 6.45) is -4.47. The Morgan fingerprint density at radius 3 is 2.56 bits per heavy atom. The Kier molecular flexibility index (Phi) is 6.86. The van der Waals surface area contributed by atoms with Gasteiger partial charge in [0.25, 0.3) is 5.91 Å². The number of hydrogen-bond acceptors (Lipinski definition) is 4. The van der Waals surface area contributed by atoms with Gasteiger partial charge in [-0.1, -0.05) is 18.2 Å². The molecule has 27 heavy (non-hydrogen) atoms. The first-order valence-electron chi connectivity index (χ1n) is 8.13. The zero-order chi connectivity index (χ0) is 20.0. The SMILES string of the molecule is NC(Cc1ccccc1F)C(O)Cc1ncccc1C(=O)NCC(F)(F)F. The van der Waals surface area contributed by atoms with Gasteiger partial charge in [0.05, 0.1) is 17.4 Å². The Hall–Kier alpha value is -2.52. The summed E-state index contributed by atoms with van der Waals surface area (Å²) in [7, 11) is 0. The molecule has 0 spiro atoms. The lowest BCUT2D eigenvalue weighted by molar-refractivity contribution is -0.123. The van der Waals surface area contributed by atoms with Crippen molar-refractivity contribution in [2.75, 3.05) is 6.54 Å². The molecule has 0 fully saturated rings. The van der Waals surface area contributed by atoms with Gasteiger partial charge in [-0.05, 0) is 30.2 Å². The number of nitrogens with zero attached hydrogens (tertiary/aromatic N) is 1. The van der Waals surface area contributed by atoms with Crippen molar-refractivity contribution in [3.05, 3.63) is 65.2 Å². The molecule has 0 radical (unpaired) electrons. The van der Waals surface area contributed by atoms with E-state index in [9.17, 15) is 27.5 Å². The quantitative estimate of drug-likeness (QED) is 0.636. The first-order chi connectivity index (χ1) is 12.7. The molecule has 1 aromatic carbocycles. The standard InChI is InChI=1S/C18H19F4N3O2/c19-13-6-2-1-4-11(13)8-14(23)16(26)9-15-12(5-3-7-24-15)17(27)25-10-18(20,21)22/h1-7,14,16,26H,8-10,23H2,(H,25,27). The highest BCUT2D eigenvalue weighted by atomic mass is 19.4. The number of pyridine rings is 1. The summed E-state index contributed by atoms with van der Waals surface area (Å²) < 4.78 is 50.5. The van der Waals surface area contributed by atoms with Crippen LogP contribution < -0.4 is 11.1 Å². The second-order valence-corrected chi connectivity index (χ2v) is 6.03. The number of alkyl halides is 3. The van der Waals surface area contributed by atoms with Crippen LogP contribution >= 0.6 is 0 Å². The zero-order valence-electron chi connectivity index (χ0n) is 14.2. The van der Waals surface area contributed by atoms with Gasteiger partial charge in [0.2, 0.25) is 0 Å². The van der Waals surface area contributed by atoms with Gasteiger partial charge in [0.15, 0.2) is 0 Å². The summed E-state index contributed by atoms with van der Waals surface area (Å²) in [6.45, 7) is -1.48. The van der Waals surface area contributed by atoms with Crippen LogP contribution in [0.3, 0.4) is 0 Å². The number of aliphatic hydroxyl groups excluding tert-OH is 1. The number of nitrogens with one attached hydrogen (secondary N) is 1. The summed E-state index contributed by atoms with van der Waals surface area (Å²) in [4.78, 5) is 15.9. The van der Waals surface area contributed by atoms with Crippen LogP contribution in [0.15, 0.2) is 42.6 Å². The fourth-order valence-electron chi connectivity index (χ4n) is 2.49. The van der Waals surface area contributed by atoms with Crippen LogP contribution in [0.2, 0.25) is 0 Å². The van der Waals surface area contributed by atoms with E-state index in [0.29, 0.717) is 5.56 Å². The van der Waals surface area contributed by atoms with Crippen LogP contribution in [0.4, 0.5) is 17.6 Å². The maximum Gasteiger partial charge on any atom is 0.405 e. The summed E-state index contributed by atoms with van der Waals surface area (Å²) in [5, 5.41) is 12.1. The smallest absolute Gasteiger partial charge is 0.391 e. The number of nitrogens with two attached hydrogens (primary N) is 1. The van der Waals surface area contributed by atoms with Crippen molar-refractivity contribution in [1.82, 2.24) is 10.3 Å². The highest BCUT2D eigenvalue weighted by Gasteiger charge is 2.29. The molecule has 4 N–H and O–H groups in total. The third-order valence-electron chi connectivity index (χ3n) is 3.89. The molecular formula is C18H19F4N3O2. The van der Waals surface area contributed by atoms with Crippen molar-refractivity contribution in [3.8, 4) is 0 Å². The Morgan fingerprint density at radius 2 is 1.89 bits per heavy atom. The molecule has 0 bridgehead atoms. The number of aromatic nitrogens is 1. The lowest BCUT2D eigenvalue weighted by Gasteiger charge is -2.20. The van der Waals surface area contributed by atoms with Gasteiger partial charge in [-0.3, -0.25) is 9.78 Å². The Labute approximate surface area is 153 Å². The third kappa shape index (κ3) is 6.30. The molecule has 146 valence electrons. The van der Waals surface area contributed by atoms with E-state index in [2.05, 4.69) is 4.98 Å². The molecule has 0 saturated heterocycles. The molecule has 0 aliphatic rings. The third-order valence-corrected chi connectivity index (χ3v) is 3.89. The van der Waals surface area contributed by atoms with Gasteiger partial charge in [0, 0.05) is 18.7 Å². The average molecular weight is 385 g/mol. The molecule has 1 aromatic heterocycles. The molecule has 0 aliphatic carbocycles. The van der Waals surface area contributed by atoms with Gasteiger partial charge in [-0.25, -0.2) is 4.39 Å². The zero-order valence-corrected chi connectivity index (χ0v) is 14.2. The van der Waals surface area contributed by atoms with Crippen LogP contribution in [0, 0.1) is 5.82 Å². The normalized spacial score (nSPS) is 13.9. The summed E-state index contributed by atoms with van der Waals surface area (Å²) in [5.41, 5.74) is 6.26.